The highest BCUT2D eigenvalue weighted by molar-refractivity contribution is 7.80. The van der Waals surface area contributed by atoms with E-state index in [9.17, 15) is 4.79 Å². The summed E-state index contributed by atoms with van der Waals surface area (Å²) in [7, 11) is 0. The Labute approximate surface area is 187 Å². The van der Waals surface area contributed by atoms with Crippen molar-refractivity contribution in [1.29, 1.82) is 0 Å². The van der Waals surface area contributed by atoms with Crippen molar-refractivity contribution in [3.8, 4) is 0 Å². The molecule has 0 atom stereocenters. The molecule has 0 radical (unpaired) electrons. The lowest BCUT2D eigenvalue weighted by Crippen LogP contribution is -2.44. The Hall–Kier alpha value is -2.37. The molecule has 2 aromatic carbocycles. The van der Waals surface area contributed by atoms with E-state index in [1.54, 1.807) is 0 Å². The predicted molar refractivity (Wildman–Crippen MR) is 129 cm³/mol. The number of anilines is 1. The first-order valence-electron chi connectivity index (χ1n) is 10.5. The number of nitrogens with one attached hydrogen (secondary N) is 2. The van der Waals surface area contributed by atoms with Crippen LogP contribution in [0.1, 0.15) is 43.2 Å². The van der Waals surface area contributed by atoms with E-state index >= 15 is 0 Å². The van der Waals surface area contributed by atoms with E-state index in [0.717, 1.165) is 35.0 Å². The molecule has 1 saturated carbocycles. The summed E-state index contributed by atoms with van der Waals surface area (Å²) in [6.45, 7) is 2.54. The van der Waals surface area contributed by atoms with Gasteiger partial charge in [0.25, 0.3) is 5.56 Å². The molecule has 0 saturated heterocycles. The molecule has 1 heterocycles. The van der Waals surface area contributed by atoms with Gasteiger partial charge in [0.2, 0.25) is 0 Å². The Bertz CT molecular complexity index is 1120. The molecule has 1 aliphatic rings. The monoisotopic (exact) mass is 439 g/mol. The minimum atomic E-state index is -0.0577. The lowest BCUT2D eigenvalue weighted by atomic mass is 9.94. The minimum absolute atomic E-state index is 0.0577. The maximum absolute atomic E-state index is 12.8. The third kappa shape index (κ3) is 4.85. The van der Waals surface area contributed by atoms with Crippen LogP contribution in [-0.4, -0.2) is 21.0 Å². The Morgan fingerprint density at radius 2 is 1.97 bits per heavy atom. The molecule has 1 aromatic heterocycles. The summed E-state index contributed by atoms with van der Waals surface area (Å²) < 4.78 is 0. The Balaban J connectivity index is 1.64. The van der Waals surface area contributed by atoms with Gasteiger partial charge in [0.15, 0.2) is 5.11 Å². The molecular formula is C24H26ClN3OS. The standard InChI is InChI=1S/C24H26ClN3OS/c1-16-10-11-22-17(12-16)13-18(23(29)27-22)15-28(21-8-3-2-4-9-21)24(30)26-20-7-5-6-19(25)14-20/h5-7,10-14,21H,2-4,8-9,15H2,1H3,(H,26,30)(H,27,29). The normalized spacial score (nSPS) is 14.6. The zero-order valence-corrected chi connectivity index (χ0v) is 18.7. The second kappa shape index (κ2) is 9.19. The number of thiocarbonyl (C=S) groups is 1. The Morgan fingerprint density at radius 1 is 1.17 bits per heavy atom. The largest absolute Gasteiger partial charge is 0.342 e. The van der Waals surface area contributed by atoms with Crippen LogP contribution < -0.4 is 10.9 Å². The van der Waals surface area contributed by atoms with E-state index in [2.05, 4.69) is 28.2 Å². The molecule has 0 spiro atoms. The summed E-state index contributed by atoms with van der Waals surface area (Å²) >= 11 is 11.9. The number of nitrogens with zero attached hydrogens (tertiary/aromatic N) is 1. The summed E-state index contributed by atoms with van der Waals surface area (Å²) in [4.78, 5) is 18.0. The molecule has 4 nitrogen and oxygen atoms in total. The van der Waals surface area contributed by atoms with E-state index < -0.39 is 0 Å². The lowest BCUT2D eigenvalue weighted by Gasteiger charge is -2.36. The van der Waals surface area contributed by atoms with Crippen molar-refractivity contribution in [3.63, 3.8) is 0 Å². The minimum Gasteiger partial charge on any atom is -0.342 e. The first-order chi connectivity index (χ1) is 14.5. The summed E-state index contributed by atoms with van der Waals surface area (Å²) in [6, 6.07) is 15.9. The number of benzene rings is 2. The highest BCUT2D eigenvalue weighted by Crippen LogP contribution is 2.26. The average molecular weight is 440 g/mol. The van der Waals surface area contributed by atoms with Crippen LogP contribution in [0.5, 0.6) is 0 Å². The second-order valence-corrected chi connectivity index (χ2v) is 8.90. The van der Waals surface area contributed by atoms with Crippen LogP contribution >= 0.6 is 23.8 Å². The van der Waals surface area contributed by atoms with Crippen LogP contribution in [0.15, 0.2) is 53.3 Å². The van der Waals surface area contributed by atoms with Gasteiger partial charge in [0.1, 0.15) is 0 Å². The number of H-pyrrole nitrogens is 1. The fourth-order valence-electron chi connectivity index (χ4n) is 4.19. The van der Waals surface area contributed by atoms with Gasteiger partial charge in [-0.05, 0) is 73.8 Å². The molecule has 156 valence electrons. The number of aromatic nitrogens is 1. The summed E-state index contributed by atoms with van der Waals surface area (Å²) in [5.41, 5.74) is 3.56. The van der Waals surface area contributed by atoms with Gasteiger partial charge < -0.3 is 15.2 Å². The van der Waals surface area contributed by atoms with E-state index in [1.165, 1.54) is 24.8 Å². The fourth-order valence-corrected chi connectivity index (χ4v) is 4.71. The van der Waals surface area contributed by atoms with Crippen molar-refractivity contribution >= 4 is 45.5 Å². The molecule has 0 bridgehead atoms. The third-order valence-corrected chi connectivity index (χ3v) is 6.34. The summed E-state index contributed by atoms with van der Waals surface area (Å²) in [5.74, 6) is 0. The van der Waals surface area contributed by atoms with Crippen molar-refractivity contribution in [3.05, 3.63) is 75.0 Å². The number of fused-ring (bicyclic) bond motifs is 1. The van der Waals surface area contributed by atoms with E-state index in [-0.39, 0.29) is 5.56 Å². The maximum atomic E-state index is 12.8. The average Bonchev–Trinajstić information content (AvgIpc) is 2.73. The SMILES string of the molecule is Cc1ccc2[nH]c(=O)c(CN(C(=S)Nc3cccc(Cl)c3)C3CCCCC3)cc2c1. The van der Waals surface area contributed by atoms with Crippen LogP contribution in [0.4, 0.5) is 5.69 Å². The highest BCUT2D eigenvalue weighted by Gasteiger charge is 2.24. The van der Waals surface area contributed by atoms with Crippen LogP contribution in [0.3, 0.4) is 0 Å². The second-order valence-electron chi connectivity index (χ2n) is 8.07. The quantitative estimate of drug-likeness (QED) is 0.488. The first-order valence-corrected chi connectivity index (χ1v) is 11.2. The van der Waals surface area contributed by atoms with E-state index in [4.69, 9.17) is 23.8 Å². The number of hydrogen-bond donors (Lipinski definition) is 2. The van der Waals surface area contributed by atoms with Crippen molar-refractivity contribution in [2.24, 2.45) is 0 Å². The molecule has 1 fully saturated rings. The van der Waals surface area contributed by atoms with Crippen LogP contribution in [-0.2, 0) is 6.54 Å². The van der Waals surface area contributed by atoms with Crippen molar-refractivity contribution < 1.29 is 0 Å². The van der Waals surface area contributed by atoms with Crippen LogP contribution in [0, 0.1) is 6.92 Å². The van der Waals surface area contributed by atoms with Crippen LogP contribution in [0.2, 0.25) is 5.02 Å². The summed E-state index contributed by atoms with van der Waals surface area (Å²) in [5, 5.41) is 5.66. The van der Waals surface area contributed by atoms with Gasteiger partial charge in [-0.1, -0.05) is 48.6 Å². The number of rotatable bonds is 4. The maximum Gasteiger partial charge on any atom is 0.253 e. The molecule has 0 unspecified atom stereocenters. The number of pyridine rings is 1. The predicted octanol–water partition coefficient (Wildman–Crippen LogP) is 6.02. The van der Waals surface area contributed by atoms with E-state index in [1.807, 2.05) is 42.5 Å². The third-order valence-electron chi connectivity index (χ3n) is 5.77. The zero-order valence-electron chi connectivity index (χ0n) is 17.1. The smallest absolute Gasteiger partial charge is 0.253 e. The number of aromatic amines is 1. The Kier molecular flexibility index (Phi) is 6.40. The van der Waals surface area contributed by atoms with Crippen LogP contribution in [0.25, 0.3) is 10.9 Å². The van der Waals surface area contributed by atoms with Gasteiger partial charge in [-0.3, -0.25) is 4.79 Å². The molecule has 2 N–H and O–H groups in total. The molecular weight excluding hydrogens is 414 g/mol. The van der Waals surface area contributed by atoms with Gasteiger partial charge in [-0.15, -0.1) is 0 Å². The fraction of sp³-hybridized carbons (Fsp3) is 0.333. The van der Waals surface area contributed by atoms with E-state index in [0.29, 0.717) is 22.7 Å². The number of hydrogen-bond acceptors (Lipinski definition) is 2. The van der Waals surface area contributed by atoms with Gasteiger partial charge in [0, 0.05) is 27.8 Å². The Morgan fingerprint density at radius 3 is 2.73 bits per heavy atom. The zero-order chi connectivity index (χ0) is 21.1. The van der Waals surface area contributed by atoms with Gasteiger partial charge in [-0.25, -0.2) is 0 Å². The first kappa shape index (κ1) is 20.9. The van der Waals surface area contributed by atoms with Gasteiger partial charge >= 0.3 is 0 Å². The topological polar surface area (TPSA) is 48.1 Å². The van der Waals surface area contributed by atoms with Crippen molar-refractivity contribution in [2.45, 2.75) is 51.6 Å². The molecule has 6 heteroatoms. The molecule has 0 amide bonds. The lowest BCUT2D eigenvalue weighted by molar-refractivity contribution is 0.240. The number of halogens is 1. The van der Waals surface area contributed by atoms with Crippen molar-refractivity contribution in [1.82, 2.24) is 9.88 Å². The molecule has 3 aromatic rings. The molecule has 4 rings (SSSR count). The molecule has 1 aliphatic carbocycles. The molecule has 30 heavy (non-hydrogen) atoms. The molecule has 0 aliphatic heterocycles. The highest BCUT2D eigenvalue weighted by atomic mass is 35.5. The van der Waals surface area contributed by atoms with Crippen molar-refractivity contribution in [2.75, 3.05) is 5.32 Å². The van der Waals surface area contributed by atoms with Gasteiger partial charge in [-0.2, -0.15) is 0 Å². The number of aryl methyl sites for hydroxylation is 1. The van der Waals surface area contributed by atoms with Gasteiger partial charge in [0.05, 0.1) is 6.54 Å². The summed E-state index contributed by atoms with van der Waals surface area (Å²) in [6.07, 6.45) is 5.81.